The third-order valence-electron chi connectivity index (χ3n) is 3.97. The highest BCUT2D eigenvalue weighted by Gasteiger charge is 2.03. The molecule has 0 aliphatic rings. The van der Waals surface area contributed by atoms with Gasteiger partial charge >= 0.3 is 0 Å². The minimum absolute atomic E-state index is 0. The fourth-order valence-corrected chi connectivity index (χ4v) is 2.66. The smallest absolute Gasteiger partial charge is 0.191 e. The monoisotopic (exact) mass is 480 g/mol. The van der Waals surface area contributed by atoms with Crippen molar-refractivity contribution >= 4 is 40.8 Å². The van der Waals surface area contributed by atoms with Crippen LogP contribution in [0.2, 0.25) is 0 Å². The first-order valence-electron chi connectivity index (χ1n) is 8.74. The first kappa shape index (κ1) is 21.2. The van der Waals surface area contributed by atoms with E-state index >= 15 is 0 Å². The van der Waals surface area contributed by atoms with Crippen LogP contribution < -0.4 is 10.6 Å². The molecule has 0 saturated heterocycles. The van der Waals surface area contributed by atoms with Gasteiger partial charge in [-0.15, -0.1) is 24.0 Å². The lowest BCUT2D eigenvalue weighted by Crippen LogP contribution is -2.37. The van der Waals surface area contributed by atoms with Gasteiger partial charge in [-0.1, -0.05) is 24.3 Å². The Labute approximate surface area is 176 Å². The van der Waals surface area contributed by atoms with Crippen molar-refractivity contribution in [1.29, 1.82) is 0 Å². The normalized spacial score (nSPS) is 11.2. The van der Waals surface area contributed by atoms with Crippen molar-refractivity contribution in [3.05, 3.63) is 66.2 Å². The standard InChI is InChI=1S/C20H24N4O2.HI/c1-21-20(23-11-5-12-25-15-18-9-4-13-26-18)24-14-17-7-2-6-16-8-3-10-22-19(16)17;/h2-4,6-10,13H,5,11-12,14-15H2,1H3,(H2,21,23,24);1H. The number of furan rings is 1. The molecule has 6 nitrogen and oxygen atoms in total. The number of benzene rings is 1. The molecule has 0 saturated carbocycles. The van der Waals surface area contributed by atoms with Crippen molar-refractivity contribution in [3.63, 3.8) is 0 Å². The Balaban J connectivity index is 0.00000261. The number of hydrogen-bond acceptors (Lipinski definition) is 4. The fraction of sp³-hybridized carbons (Fsp3) is 0.300. The number of para-hydroxylation sites is 1. The second-order valence-corrected chi connectivity index (χ2v) is 5.83. The van der Waals surface area contributed by atoms with E-state index in [4.69, 9.17) is 9.15 Å². The van der Waals surface area contributed by atoms with E-state index in [1.807, 2.05) is 30.5 Å². The lowest BCUT2D eigenvalue weighted by Gasteiger charge is -2.13. The van der Waals surface area contributed by atoms with E-state index in [9.17, 15) is 0 Å². The molecule has 0 aliphatic heterocycles. The van der Waals surface area contributed by atoms with E-state index < -0.39 is 0 Å². The summed E-state index contributed by atoms with van der Waals surface area (Å²) in [4.78, 5) is 8.74. The van der Waals surface area contributed by atoms with Crippen molar-refractivity contribution in [3.8, 4) is 0 Å². The molecule has 3 aromatic rings. The van der Waals surface area contributed by atoms with Crippen molar-refractivity contribution in [2.45, 2.75) is 19.6 Å². The minimum Gasteiger partial charge on any atom is -0.467 e. The van der Waals surface area contributed by atoms with Crippen LogP contribution >= 0.6 is 24.0 Å². The van der Waals surface area contributed by atoms with Gasteiger partial charge in [-0.05, 0) is 30.2 Å². The summed E-state index contributed by atoms with van der Waals surface area (Å²) in [5, 5.41) is 7.77. The highest BCUT2D eigenvalue weighted by molar-refractivity contribution is 14.0. The number of ether oxygens (including phenoxy) is 1. The topological polar surface area (TPSA) is 71.7 Å². The van der Waals surface area contributed by atoms with Crippen molar-refractivity contribution < 1.29 is 9.15 Å². The lowest BCUT2D eigenvalue weighted by molar-refractivity contribution is 0.105. The van der Waals surface area contributed by atoms with Crippen LogP contribution in [0.5, 0.6) is 0 Å². The summed E-state index contributed by atoms with van der Waals surface area (Å²) in [6.45, 7) is 2.63. The van der Waals surface area contributed by atoms with Gasteiger partial charge in [0.25, 0.3) is 0 Å². The van der Waals surface area contributed by atoms with Crippen molar-refractivity contribution in [1.82, 2.24) is 15.6 Å². The number of aromatic nitrogens is 1. The number of halogens is 1. The van der Waals surface area contributed by atoms with E-state index in [0.29, 0.717) is 19.8 Å². The predicted octanol–water partition coefficient (Wildman–Crippen LogP) is 3.72. The van der Waals surface area contributed by atoms with Gasteiger partial charge in [-0.25, -0.2) is 0 Å². The maximum Gasteiger partial charge on any atom is 0.191 e. The summed E-state index contributed by atoms with van der Waals surface area (Å²) < 4.78 is 10.8. The van der Waals surface area contributed by atoms with E-state index in [2.05, 4.69) is 38.8 Å². The zero-order valence-electron chi connectivity index (χ0n) is 15.4. The van der Waals surface area contributed by atoms with Gasteiger partial charge in [0, 0.05) is 38.3 Å². The number of pyridine rings is 1. The third kappa shape index (κ3) is 6.51. The molecular formula is C20H25IN4O2. The summed E-state index contributed by atoms with van der Waals surface area (Å²) in [6, 6.07) is 14.0. The number of nitrogens with one attached hydrogen (secondary N) is 2. The molecule has 144 valence electrons. The van der Waals surface area contributed by atoms with Crippen LogP contribution in [-0.2, 0) is 17.9 Å². The molecule has 0 fully saturated rings. The Morgan fingerprint density at radius 2 is 2.04 bits per heavy atom. The predicted molar refractivity (Wildman–Crippen MR) is 118 cm³/mol. The van der Waals surface area contributed by atoms with Crippen LogP contribution in [0.15, 0.2) is 64.3 Å². The summed E-state index contributed by atoms with van der Waals surface area (Å²) >= 11 is 0. The number of fused-ring (bicyclic) bond motifs is 1. The van der Waals surface area contributed by atoms with Gasteiger partial charge in [-0.2, -0.15) is 0 Å². The van der Waals surface area contributed by atoms with E-state index in [1.54, 1.807) is 13.3 Å². The summed E-state index contributed by atoms with van der Waals surface area (Å²) in [6.07, 6.45) is 4.36. The molecule has 0 atom stereocenters. The molecule has 2 N–H and O–H groups in total. The van der Waals surface area contributed by atoms with Crippen LogP contribution in [0.25, 0.3) is 10.9 Å². The van der Waals surface area contributed by atoms with Gasteiger partial charge in [0.05, 0.1) is 11.8 Å². The molecule has 0 radical (unpaired) electrons. The Kier molecular flexibility index (Phi) is 9.06. The SMILES string of the molecule is CN=C(NCCCOCc1ccco1)NCc1cccc2cccnc12.I. The number of nitrogens with zero attached hydrogens (tertiary/aromatic N) is 2. The maximum atomic E-state index is 5.57. The molecule has 0 aliphatic carbocycles. The van der Waals surface area contributed by atoms with Gasteiger partial charge in [0.1, 0.15) is 12.4 Å². The average molecular weight is 480 g/mol. The van der Waals surface area contributed by atoms with Crippen LogP contribution in [0, 0.1) is 0 Å². The van der Waals surface area contributed by atoms with Crippen LogP contribution in [-0.4, -0.2) is 31.1 Å². The number of hydrogen-bond donors (Lipinski definition) is 2. The number of guanidine groups is 1. The van der Waals surface area contributed by atoms with Gasteiger partial charge in [-0.3, -0.25) is 9.98 Å². The van der Waals surface area contributed by atoms with Crippen molar-refractivity contribution in [2.24, 2.45) is 4.99 Å². The lowest BCUT2D eigenvalue weighted by atomic mass is 10.1. The van der Waals surface area contributed by atoms with E-state index in [-0.39, 0.29) is 24.0 Å². The summed E-state index contributed by atoms with van der Waals surface area (Å²) in [5.74, 6) is 1.61. The molecule has 0 spiro atoms. The maximum absolute atomic E-state index is 5.57. The van der Waals surface area contributed by atoms with Gasteiger partial charge in [0.15, 0.2) is 5.96 Å². The highest BCUT2D eigenvalue weighted by Crippen LogP contribution is 2.15. The molecule has 0 bridgehead atoms. The van der Waals surface area contributed by atoms with Crippen LogP contribution in [0.1, 0.15) is 17.7 Å². The first-order chi connectivity index (χ1) is 12.9. The van der Waals surface area contributed by atoms with E-state index in [1.165, 1.54) is 0 Å². The number of aliphatic imine (C=N–C) groups is 1. The molecule has 2 aromatic heterocycles. The highest BCUT2D eigenvalue weighted by atomic mass is 127. The fourth-order valence-electron chi connectivity index (χ4n) is 2.66. The Hall–Kier alpha value is -2.13. The Bertz CT molecular complexity index is 832. The van der Waals surface area contributed by atoms with Crippen LogP contribution in [0.4, 0.5) is 0 Å². The van der Waals surface area contributed by atoms with Gasteiger partial charge in [0.2, 0.25) is 0 Å². The summed E-state index contributed by atoms with van der Waals surface area (Å²) in [7, 11) is 1.77. The zero-order valence-corrected chi connectivity index (χ0v) is 17.7. The molecule has 3 rings (SSSR count). The van der Waals surface area contributed by atoms with Crippen molar-refractivity contribution in [2.75, 3.05) is 20.2 Å². The van der Waals surface area contributed by atoms with Crippen LogP contribution in [0.3, 0.4) is 0 Å². The quantitative estimate of drug-likeness (QED) is 0.223. The van der Waals surface area contributed by atoms with Gasteiger partial charge < -0.3 is 19.8 Å². The minimum atomic E-state index is 0. The first-order valence-corrected chi connectivity index (χ1v) is 8.74. The molecule has 0 amide bonds. The Morgan fingerprint density at radius 3 is 2.85 bits per heavy atom. The Morgan fingerprint density at radius 1 is 1.15 bits per heavy atom. The van der Waals surface area contributed by atoms with E-state index in [0.717, 1.165) is 41.2 Å². The molecule has 1 aromatic carbocycles. The molecule has 0 unspecified atom stereocenters. The molecule has 7 heteroatoms. The zero-order chi connectivity index (χ0) is 18.0. The molecule has 27 heavy (non-hydrogen) atoms. The third-order valence-corrected chi connectivity index (χ3v) is 3.97. The molecular weight excluding hydrogens is 455 g/mol. The second kappa shape index (κ2) is 11.6. The molecule has 2 heterocycles. The largest absolute Gasteiger partial charge is 0.467 e. The number of rotatable bonds is 8. The summed E-state index contributed by atoms with van der Waals surface area (Å²) in [5.41, 5.74) is 2.16. The second-order valence-electron chi connectivity index (χ2n) is 5.83. The average Bonchev–Trinajstić information content (AvgIpc) is 3.20.